The zero-order valence-electron chi connectivity index (χ0n) is 23.4. The summed E-state index contributed by atoms with van der Waals surface area (Å²) in [6.45, 7) is 0.843. The second kappa shape index (κ2) is 15.6. The third-order valence-corrected chi connectivity index (χ3v) is 6.44. The molecule has 4 heterocycles. The molecule has 11 nitrogen and oxygen atoms in total. The number of pyridine rings is 2. The predicted octanol–water partition coefficient (Wildman–Crippen LogP) is 5.80. The number of thiazole rings is 1. The van der Waals surface area contributed by atoms with E-state index in [1.165, 1.54) is 23.5 Å². The molecule has 0 unspecified atom stereocenters. The zero-order chi connectivity index (χ0) is 34.8. The Morgan fingerprint density at radius 3 is 2.02 bits per heavy atom. The maximum absolute atomic E-state index is 13.1. The van der Waals surface area contributed by atoms with Gasteiger partial charge in [0.2, 0.25) is 0 Å². The van der Waals surface area contributed by atoms with Crippen LogP contribution < -0.4 is 10.6 Å². The molecule has 1 amide bonds. The van der Waals surface area contributed by atoms with E-state index in [4.69, 9.17) is 19.8 Å². The van der Waals surface area contributed by atoms with Crippen molar-refractivity contribution in [2.75, 3.05) is 5.32 Å². The number of nitrogens with one attached hydrogen (secondary N) is 2. The molecule has 0 bridgehead atoms. The number of aromatic nitrogens is 4. The second-order valence-electron chi connectivity index (χ2n) is 8.86. The zero-order valence-corrected chi connectivity index (χ0v) is 24.2. The highest BCUT2D eigenvalue weighted by Gasteiger charge is 2.38. The molecule has 5 rings (SSSR count). The van der Waals surface area contributed by atoms with Crippen molar-refractivity contribution in [2.24, 2.45) is 0 Å². The third-order valence-electron chi connectivity index (χ3n) is 5.49. The first kappa shape index (κ1) is 35.9. The molecule has 0 radical (unpaired) electrons. The molecule has 0 atom stereocenters. The van der Waals surface area contributed by atoms with Crippen LogP contribution in [0.1, 0.15) is 21.7 Å². The Balaban J connectivity index is 0.000000360. The Morgan fingerprint density at radius 2 is 1.45 bits per heavy atom. The first-order valence-corrected chi connectivity index (χ1v) is 13.6. The lowest BCUT2D eigenvalue weighted by atomic mass is 10.2. The maximum Gasteiger partial charge on any atom is 0.490 e. The summed E-state index contributed by atoms with van der Waals surface area (Å²) in [5.41, 5.74) is 2.74. The Hall–Kier alpha value is -5.59. The van der Waals surface area contributed by atoms with E-state index in [9.17, 15) is 35.5 Å². The second-order valence-corrected chi connectivity index (χ2v) is 9.89. The fraction of sp³-hybridized carbons (Fsp3) is 0.143. The van der Waals surface area contributed by atoms with Crippen molar-refractivity contribution < 1.29 is 55.3 Å². The van der Waals surface area contributed by atoms with E-state index in [-0.39, 0.29) is 18.3 Å². The smallest absolute Gasteiger partial charge is 0.475 e. The van der Waals surface area contributed by atoms with Gasteiger partial charge in [-0.15, -0.1) is 0 Å². The minimum Gasteiger partial charge on any atom is -0.475 e. The lowest BCUT2D eigenvalue weighted by molar-refractivity contribution is -0.193. The summed E-state index contributed by atoms with van der Waals surface area (Å²) in [5, 5.41) is 21.1. The molecule has 5 aromatic rings. The molecule has 0 spiro atoms. The van der Waals surface area contributed by atoms with Gasteiger partial charge in [0.05, 0.1) is 28.8 Å². The summed E-state index contributed by atoms with van der Waals surface area (Å²) in [4.78, 5) is 44.9. The van der Waals surface area contributed by atoms with Crippen molar-refractivity contribution in [2.45, 2.75) is 25.4 Å². The normalized spacial score (nSPS) is 11.0. The lowest BCUT2D eigenvalue weighted by Gasteiger charge is -2.04. The Labute approximate surface area is 263 Å². The van der Waals surface area contributed by atoms with E-state index in [0.717, 1.165) is 21.3 Å². The summed E-state index contributed by atoms with van der Waals surface area (Å²) in [6.07, 6.45) is -4.80. The van der Waals surface area contributed by atoms with Crippen molar-refractivity contribution >= 4 is 39.8 Å². The van der Waals surface area contributed by atoms with Crippen molar-refractivity contribution in [3.63, 3.8) is 0 Å². The van der Waals surface area contributed by atoms with Crippen LogP contribution in [0.3, 0.4) is 0 Å². The van der Waals surface area contributed by atoms with Gasteiger partial charge in [0, 0.05) is 18.9 Å². The van der Waals surface area contributed by atoms with Gasteiger partial charge in [-0.2, -0.15) is 26.3 Å². The monoisotopic (exact) mass is 686 g/mol. The van der Waals surface area contributed by atoms with Gasteiger partial charge < -0.3 is 20.8 Å². The highest BCUT2D eigenvalue weighted by atomic mass is 32.1. The van der Waals surface area contributed by atoms with Crippen LogP contribution >= 0.6 is 11.3 Å². The van der Waals surface area contributed by atoms with Crippen LogP contribution in [0.2, 0.25) is 0 Å². The number of carbonyl (C=O) groups is 3. The number of anilines is 1. The molecule has 0 saturated carbocycles. The molecular formula is C28H21F7N6O5S. The van der Waals surface area contributed by atoms with Gasteiger partial charge in [0.1, 0.15) is 5.82 Å². The molecule has 0 saturated heterocycles. The van der Waals surface area contributed by atoms with Crippen LogP contribution in [-0.4, -0.2) is 59.8 Å². The minimum atomic E-state index is -5.08. The molecule has 4 aromatic heterocycles. The van der Waals surface area contributed by atoms with Crippen LogP contribution in [0.5, 0.6) is 0 Å². The van der Waals surface area contributed by atoms with E-state index < -0.39 is 24.3 Å². The molecule has 0 aliphatic heterocycles. The number of carbonyl (C=O) groups excluding carboxylic acids is 1. The number of aliphatic carboxylic acids is 2. The molecule has 1 aromatic carbocycles. The van der Waals surface area contributed by atoms with Crippen LogP contribution in [0.4, 0.5) is 35.9 Å². The molecule has 0 aliphatic carbocycles. The molecule has 19 heteroatoms. The predicted molar refractivity (Wildman–Crippen MR) is 153 cm³/mol. The number of carboxylic acid groups (broad SMARTS) is 2. The molecule has 47 heavy (non-hydrogen) atoms. The summed E-state index contributed by atoms with van der Waals surface area (Å²) < 4.78 is 78.5. The Kier molecular flexibility index (Phi) is 11.9. The maximum atomic E-state index is 13.1. The highest BCUT2D eigenvalue weighted by molar-refractivity contribution is 7.18. The summed E-state index contributed by atoms with van der Waals surface area (Å²) in [6, 6.07) is 17.4. The number of carboxylic acids is 2. The molecule has 248 valence electrons. The first-order chi connectivity index (χ1) is 22.1. The van der Waals surface area contributed by atoms with Gasteiger partial charge in [-0.3, -0.25) is 14.2 Å². The van der Waals surface area contributed by atoms with E-state index in [2.05, 4.69) is 25.6 Å². The van der Waals surface area contributed by atoms with Gasteiger partial charge in [-0.25, -0.2) is 23.9 Å². The number of fused-ring (bicyclic) bond motifs is 1. The van der Waals surface area contributed by atoms with Crippen LogP contribution in [0, 0.1) is 5.82 Å². The fourth-order valence-electron chi connectivity index (χ4n) is 3.38. The number of halogens is 7. The lowest BCUT2D eigenvalue weighted by Crippen LogP contribution is -2.23. The topological polar surface area (TPSA) is 159 Å². The number of benzene rings is 1. The average Bonchev–Trinajstić information content (AvgIpc) is 3.65. The molecular weight excluding hydrogens is 665 g/mol. The molecule has 0 fully saturated rings. The number of amides is 1. The van der Waals surface area contributed by atoms with Gasteiger partial charge in [0.25, 0.3) is 5.91 Å². The van der Waals surface area contributed by atoms with Gasteiger partial charge in [-0.05, 0) is 42.0 Å². The highest BCUT2D eigenvalue weighted by Crippen LogP contribution is 2.30. The van der Waals surface area contributed by atoms with Crippen LogP contribution in [-0.2, 0) is 22.7 Å². The number of alkyl halides is 6. The van der Waals surface area contributed by atoms with Crippen molar-refractivity contribution in [3.8, 4) is 10.7 Å². The Morgan fingerprint density at radius 1 is 0.830 bits per heavy atom. The number of nitrogens with zero attached hydrogens (tertiary/aromatic N) is 4. The van der Waals surface area contributed by atoms with Crippen LogP contribution in [0.15, 0.2) is 79.3 Å². The first-order valence-electron chi connectivity index (χ1n) is 12.8. The van der Waals surface area contributed by atoms with Crippen LogP contribution in [0.25, 0.3) is 16.2 Å². The quantitative estimate of drug-likeness (QED) is 0.155. The summed E-state index contributed by atoms with van der Waals surface area (Å²) >= 11 is 1.46. The van der Waals surface area contributed by atoms with Crippen molar-refractivity contribution in [1.82, 2.24) is 24.7 Å². The number of hydrogen-bond acceptors (Lipinski definition) is 8. The largest absolute Gasteiger partial charge is 0.490 e. The average molecular weight is 687 g/mol. The molecule has 4 N–H and O–H groups in total. The number of rotatable bonds is 7. The van der Waals surface area contributed by atoms with Crippen molar-refractivity contribution in [1.29, 1.82) is 0 Å². The van der Waals surface area contributed by atoms with E-state index >= 15 is 0 Å². The van der Waals surface area contributed by atoms with Gasteiger partial charge in [0.15, 0.2) is 16.6 Å². The van der Waals surface area contributed by atoms with Crippen molar-refractivity contribution in [3.05, 3.63) is 102 Å². The van der Waals surface area contributed by atoms with Gasteiger partial charge >= 0.3 is 24.3 Å². The standard InChI is InChI=1S/C24H19FN6OS.2C2HF3O2/c25-17-9-7-16(8-10-17)13-27-23(32)21-19-6-2-4-12-31(19)22(30-21)20-15-29-24(33-20)28-14-18-5-1-3-11-26-18;2*3-2(4,5)1(6)7/h1-12,15H,13-14H2,(H,27,32)(H,28,29);2*(H,6,7). The summed E-state index contributed by atoms with van der Waals surface area (Å²) in [7, 11) is 0. The molecule has 0 aliphatic rings. The Bertz CT molecular complexity index is 1790. The number of imidazole rings is 1. The van der Waals surface area contributed by atoms with E-state index in [0.29, 0.717) is 23.6 Å². The number of hydrogen-bond donors (Lipinski definition) is 4. The minimum absolute atomic E-state index is 0.280. The third kappa shape index (κ3) is 10.8. The fourth-order valence-corrected chi connectivity index (χ4v) is 4.17. The SMILES string of the molecule is O=C(NCc1ccc(F)cc1)c1nc(-c2cnc(NCc3ccccn3)s2)n2ccccc12.O=C(O)C(F)(F)F.O=C(O)C(F)(F)F. The summed E-state index contributed by atoms with van der Waals surface area (Å²) in [5.74, 6) is -5.48. The van der Waals surface area contributed by atoms with E-state index in [1.54, 1.807) is 24.5 Å². The van der Waals surface area contributed by atoms with Gasteiger partial charge in [-0.1, -0.05) is 35.6 Å². The van der Waals surface area contributed by atoms with E-state index in [1.807, 2.05) is 47.0 Å².